The van der Waals surface area contributed by atoms with Gasteiger partial charge in [-0.15, -0.1) is 0 Å². The molecular formula is C11H17O3P. The summed E-state index contributed by atoms with van der Waals surface area (Å²) >= 11 is 0. The molecule has 0 aliphatic heterocycles. The Morgan fingerprint density at radius 2 is 2.13 bits per heavy atom. The number of hydrogen-bond donors (Lipinski definition) is 1. The van der Waals surface area contributed by atoms with Gasteiger partial charge in [0.2, 0.25) is 0 Å². The van der Waals surface area contributed by atoms with Crippen LogP contribution in [0.4, 0.5) is 0 Å². The molecule has 0 heterocycles. The van der Waals surface area contributed by atoms with Crippen LogP contribution in [0.1, 0.15) is 24.5 Å². The molecule has 0 fully saturated rings. The van der Waals surface area contributed by atoms with Gasteiger partial charge in [0, 0.05) is 7.11 Å². The highest BCUT2D eigenvalue weighted by molar-refractivity contribution is 7.41. The highest BCUT2D eigenvalue weighted by atomic mass is 31.2. The van der Waals surface area contributed by atoms with Crippen molar-refractivity contribution in [1.29, 1.82) is 0 Å². The summed E-state index contributed by atoms with van der Waals surface area (Å²) < 4.78 is 9.89. The lowest BCUT2D eigenvalue weighted by atomic mass is 10.0. The first-order valence-electron chi connectivity index (χ1n) is 4.98. The van der Waals surface area contributed by atoms with E-state index in [1.165, 1.54) is 18.2 Å². The number of rotatable bonds is 5. The van der Waals surface area contributed by atoms with Gasteiger partial charge in [-0.1, -0.05) is 19.4 Å². The molecule has 0 radical (unpaired) electrons. The van der Waals surface area contributed by atoms with E-state index in [4.69, 9.17) is 4.52 Å². The Labute approximate surface area is 92.0 Å². The molecule has 0 aromatic heterocycles. The highest BCUT2D eigenvalue weighted by Crippen LogP contribution is 2.34. The van der Waals surface area contributed by atoms with Crippen LogP contribution in [0.15, 0.2) is 18.2 Å². The van der Waals surface area contributed by atoms with Crippen molar-refractivity contribution in [3.8, 4) is 5.75 Å². The van der Waals surface area contributed by atoms with E-state index < -0.39 is 8.60 Å². The summed E-state index contributed by atoms with van der Waals surface area (Å²) in [7, 11) is -0.362. The van der Waals surface area contributed by atoms with Gasteiger partial charge in [-0.25, -0.2) is 0 Å². The van der Waals surface area contributed by atoms with Gasteiger partial charge in [0.25, 0.3) is 0 Å². The van der Waals surface area contributed by atoms with Crippen LogP contribution in [0.3, 0.4) is 0 Å². The zero-order valence-corrected chi connectivity index (χ0v) is 10.3. The van der Waals surface area contributed by atoms with Gasteiger partial charge in [0.05, 0.1) is 0 Å². The van der Waals surface area contributed by atoms with E-state index >= 15 is 0 Å². The predicted octanol–water partition coefficient (Wildman–Crippen LogP) is 3.19. The number of hydrogen-bond acceptors (Lipinski definition) is 3. The fourth-order valence-electron chi connectivity index (χ4n) is 1.37. The van der Waals surface area contributed by atoms with Crippen LogP contribution >= 0.6 is 8.60 Å². The van der Waals surface area contributed by atoms with E-state index in [2.05, 4.69) is 18.4 Å². The van der Waals surface area contributed by atoms with Crippen molar-refractivity contribution in [2.75, 3.05) is 7.11 Å². The second kappa shape index (κ2) is 6.06. The Bertz CT molecular complexity index is 315. The van der Waals surface area contributed by atoms with E-state index in [0.717, 1.165) is 12.8 Å². The topological polar surface area (TPSA) is 38.7 Å². The average molecular weight is 228 g/mol. The third-order valence-corrected chi connectivity index (χ3v) is 2.86. The zero-order valence-electron chi connectivity index (χ0n) is 9.36. The monoisotopic (exact) mass is 228 g/mol. The Kier molecular flexibility index (Phi) is 5.03. The Balaban J connectivity index is 2.77. The maximum Gasteiger partial charge on any atom is 0.394 e. The van der Waals surface area contributed by atoms with Crippen LogP contribution < -0.4 is 4.52 Å². The fourth-order valence-corrected chi connectivity index (χ4v) is 1.74. The molecule has 0 bridgehead atoms. The van der Waals surface area contributed by atoms with Gasteiger partial charge in [0.15, 0.2) is 0 Å². The van der Waals surface area contributed by atoms with Crippen molar-refractivity contribution in [3.63, 3.8) is 0 Å². The SMILES string of the molecule is CCCc1cc(OP(O)OC)ccc1C. The Morgan fingerprint density at radius 1 is 1.40 bits per heavy atom. The summed E-state index contributed by atoms with van der Waals surface area (Å²) in [5.41, 5.74) is 2.51. The Hall–Kier alpha value is -0.630. The first kappa shape index (κ1) is 12.4. The van der Waals surface area contributed by atoms with Crippen molar-refractivity contribution in [3.05, 3.63) is 29.3 Å². The molecule has 0 amide bonds. The summed E-state index contributed by atoms with van der Waals surface area (Å²) in [4.78, 5) is 9.22. The highest BCUT2D eigenvalue weighted by Gasteiger charge is 2.07. The van der Waals surface area contributed by atoms with Crippen LogP contribution in [-0.2, 0) is 10.9 Å². The average Bonchev–Trinajstić information content (AvgIpc) is 2.23. The van der Waals surface area contributed by atoms with Gasteiger partial charge >= 0.3 is 8.60 Å². The molecule has 15 heavy (non-hydrogen) atoms. The quantitative estimate of drug-likeness (QED) is 0.786. The smallest absolute Gasteiger partial charge is 0.394 e. The van der Waals surface area contributed by atoms with Gasteiger partial charge in [-0.2, -0.15) is 0 Å². The van der Waals surface area contributed by atoms with E-state index in [1.54, 1.807) is 0 Å². The molecule has 1 atom stereocenters. The molecular weight excluding hydrogens is 211 g/mol. The maximum atomic E-state index is 9.22. The molecule has 0 saturated carbocycles. The van der Waals surface area contributed by atoms with Crippen molar-refractivity contribution in [2.45, 2.75) is 26.7 Å². The van der Waals surface area contributed by atoms with Gasteiger partial charge in [-0.05, 0) is 36.6 Å². The van der Waals surface area contributed by atoms with Gasteiger partial charge < -0.3 is 13.9 Å². The minimum absolute atomic E-state index is 0.666. The minimum atomic E-state index is -1.79. The largest absolute Gasteiger partial charge is 0.427 e. The third-order valence-electron chi connectivity index (χ3n) is 2.18. The lowest BCUT2D eigenvalue weighted by Crippen LogP contribution is -1.92. The lowest BCUT2D eigenvalue weighted by Gasteiger charge is -2.11. The van der Waals surface area contributed by atoms with Crippen LogP contribution in [0.2, 0.25) is 0 Å². The van der Waals surface area contributed by atoms with E-state index in [-0.39, 0.29) is 0 Å². The van der Waals surface area contributed by atoms with Crippen LogP contribution in [-0.4, -0.2) is 12.0 Å². The van der Waals surface area contributed by atoms with Crippen LogP contribution in [0.25, 0.3) is 0 Å². The van der Waals surface area contributed by atoms with Crippen LogP contribution in [0.5, 0.6) is 5.75 Å². The normalized spacial score (nSPS) is 12.5. The summed E-state index contributed by atoms with van der Waals surface area (Å²) in [5.74, 6) is 0.666. The molecule has 84 valence electrons. The summed E-state index contributed by atoms with van der Waals surface area (Å²) in [6, 6.07) is 5.81. The second-order valence-corrected chi connectivity index (χ2v) is 4.37. The number of benzene rings is 1. The first-order chi connectivity index (χ1) is 7.17. The van der Waals surface area contributed by atoms with Gasteiger partial charge in [0.1, 0.15) is 5.75 Å². The molecule has 4 heteroatoms. The van der Waals surface area contributed by atoms with Crippen molar-refractivity contribution >= 4 is 8.60 Å². The maximum absolute atomic E-state index is 9.22. The molecule has 0 saturated heterocycles. The zero-order chi connectivity index (χ0) is 11.3. The van der Waals surface area contributed by atoms with Crippen molar-refractivity contribution < 1.29 is 13.9 Å². The molecule has 1 aromatic rings. The molecule has 1 unspecified atom stereocenters. The molecule has 0 aliphatic rings. The van der Waals surface area contributed by atoms with Crippen molar-refractivity contribution in [2.24, 2.45) is 0 Å². The summed E-state index contributed by atoms with van der Waals surface area (Å²) in [6.45, 7) is 4.22. The fraction of sp³-hybridized carbons (Fsp3) is 0.455. The van der Waals surface area contributed by atoms with E-state index in [1.807, 2.05) is 18.2 Å². The minimum Gasteiger partial charge on any atom is -0.427 e. The standard InChI is InChI=1S/C11H17O3P/c1-4-5-10-8-11(7-6-9(10)2)14-15(12)13-3/h6-8,12H,4-5H2,1-3H3. The molecule has 0 aliphatic carbocycles. The predicted molar refractivity (Wildman–Crippen MR) is 61.9 cm³/mol. The van der Waals surface area contributed by atoms with E-state index in [0.29, 0.717) is 5.75 Å². The Morgan fingerprint density at radius 3 is 2.73 bits per heavy atom. The molecule has 1 N–H and O–H groups in total. The molecule has 3 nitrogen and oxygen atoms in total. The number of aryl methyl sites for hydroxylation is 2. The summed E-state index contributed by atoms with van der Waals surface area (Å²) in [5, 5.41) is 0. The van der Waals surface area contributed by atoms with E-state index in [9.17, 15) is 4.89 Å². The summed E-state index contributed by atoms with van der Waals surface area (Å²) in [6.07, 6.45) is 2.13. The molecule has 1 rings (SSSR count). The van der Waals surface area contributed by atoms with Crippen LogP contribution in [0, 0.1) is 6.92 Å². The third kappa shape index (κ3) is 3.78. The lowest BCUT2D eigenvalue weighted by molar-refractivity contribution is 0.317. The molecule has 0 spiro atoms. The van der Waals surface area contributed by atoms with Crippen molar-refractivity contribution in [1.82, 2.24) is 0 Å². The first-order valence-corrected chi connectivity index (χ1v) is 6.11. The molecule has 1 aromatic carbocycles. The second-order valence-electron chi connectivity index (χ2n) is 3.35. The van der Waals surface area contributed by atoms with Gasteiger partial charge in [-0.3, -0.25) is 0 Å².